The van der Waals surface area contributed by atoms with E-state index >= 15 is 0 Å². The van der Waals surface area contributed by atoms with Crippen LogP contribution in [0.3, 0.4) is 0 Å². The molecule has 0 aliphatic heterocycles. The minimum Gasteiger partial charge on any atom is -0.440 e. The maximum atomic E-state index is 9.16. The zero-order valence-electron chi connectivity index (χ0n) is 11.9. The average molecular weight is 336 g/mol. The number of hydrogen-bond acceptors (Lipinski definition) is 5. The van der Waals surface area contributed by atoms with Crippen molar-refractivity contribution >= 4 is 23.4 Å². The zero-order chi connectivity index (χ0) is 15.5. The molecule has 7 heteroatoms. The van der Waals surface area contributed by atoms with Gasteiger partial charge in [0.25, 0.3) is 0 Å². The first-order valence-corrected chi connectivity index (χ1v) is 7.98. The standard InChI is InChI=1S/C15H14ClN3O2S/c1-19-12(8-20)6-18-15(19)22-9-14-17-7-13(21-14)10-3-2-4-11(16)5-10/h2-7,20H,8-9H2,1H3. The Morgan fingerprint density at radius 1 is 1.32 bits per heavy atom. The fourth-order valence-corrected chi connectivity index (χ4v) is 3.00. The quantitative estimate of drug-likeness (QED) is 0.723. The fourth-order valence-electron chi connectivity index (χ4n) is 1.99. The molecule has 0 amide bonds. The minimum atomic E-state index is -0.0258. The van der Waals surface area contributed by atoms with Gasteiger partial charge in [0.2, 0.25) is 5.89 Å². The number of halogens is 1. The topological polar surface area (TPSA) is 64.1 Å². The van der Waals surface area contributed by atoms with Gasteiger partial charge in [0, 0.05) is 17.6 Å². The number of imidazole rings is 1. The SMILES string of the molecule is Cn1c(CO)cnc1SCc1ncc(-c2cccc(Cl)c2)o1. The molecule has 3 rings (SSSR count). The fraction of sp³-hybridized carbons (Fsp3) is 0.200. The molecule has 0 bridgehead atoms. The van der Waals surface area contributed by atoms with Gasteiger partial charge in [-0.3, -0.25) is 0 Å². The predicted octanol–water partition coefficient (Wildman–Crippen LogP) is 3.51. The number of oxazole rings is 1. The maximum Gasteiger partial charge on any atom is 0.205 e. The Kier molecular flexibility index (Phi) is 4.52. The van der Waals surface area contributed by atoms with Crippen molar-refractivity contribution in [3.8, 4) is 11.3 Å². The Morgan fingerprint density at radius 3 is 2.91 bits per heavy atom. The lowest BCUT2D eigenvalue weighted by Gasteiger charge is -2.02. The largest absolute Gasteiger partial charge is 0.440 e. The molecule has 114 valence electrons. The number of rotatable bonds is 5. The molecule has 0 aliphatic carbocycles. The lowest BCUT2D eigenvalue weighted by Crippen LogP contribution is -1.97. The second kappa shape index (κ2) is 6.56. The third-order valence-corrected chi connectivity index (χ3v) is 4.46. The van der Waals surface area contributed by atoms with Gasteiger partial charge in [-0.2, -0.15) is 0 Å². The molecule has 0 fully saturated rings. The highest BCUT2D eigenvalue weighted by molar-refractivity contribution is 7.98. The normalized spacial score (nSPS) is 11.0. The molecule has 0 radical (unpaired) electrons. The van der Waals surface area contributed by atoms with Crippen molar-refractivity contribution in [2.75, 3.05) is 0 Å². The van der Waals surface area contributed by atoms with Crippen LogP contribution in [-0.4, -0.2) is 19.6 Å². The lowest BCUT2D eigenvalue weighted by atomic mass is 10.2. The van der Waals surface area contributed by atoms with Crippen LogP contribution in [0.15, 0.2) is 46.2 Å². The molecular weight excluding hydrogens is 322 g/mol. The molecule has 1 N–H and O–H groups in total. The summed E-state index contributed by atoms with van der Waals surface area (Å²) >= 11 is 7.49. The molecule has 22 heavy (non-hydrogen) atoms. The molecule has 0 atom stereocenters. The molecule has 0 spiro atoms. The Morgan fingerprint density at radius 2 is 2.18 bits per heavy atom. The van der Waals surface area contributed by atoms with E-state index in [0.29, 0.717) is 22.4 Å². The minimum absolute atomic E-state index is 0.0258. The van der Waals surface area contributed by atoms with Crippen molar-refractivity contribution in [1.29, 1.82) is 0 Å². The number of aromatic nitrogens is 3. The third kappa shape index (κ3) is 3.19. The van der Waals surface area contributed by atoms with Crippen LogP contribution in [0.25, 0.3) is 11.3 Å². The first kappa shape index (κ1) is 15.1. The summed E-state index contributed by atoms with van der Waals surface area (Å²) in [5.74, 6) is 1.87. The first-order valence-electron chi connectivity index (χ1n) is 6.62. The van der Waals surface area contributed by atoms with Crippen molar-refractivity contribution in [2.45, 2.75) is 17.5 Å². The van der Waals surface area contributed by atoms with Gasteiger partial charge in [0.15, 0.2) is 10.9 Å². The van der Waals surface area contributed by atoms with E-state index in [4.69, 9.17) is 21.1 Å². The number of nitrogens with zero attached hydrogens (tertiary/aromatic N) is 3. The summed E-state index contributed by atoms with van der Waals surface area (Å²) < 4.78 is 7.60. The number of hydrogen-bond donors (Lipinski definition) is 1. The second-order valence-electron chi connectivity index (χ2n) is 4.67. The molecule has 1 aromatic carbocycles. The molecule has 0 aliphatic rings. The van der Waals surface area contributed by atoms with E-state index in [-0.39, 0.29) is 6.61 Å². The van der Waals surface area contributed by atoms with Crippen LogP contribution >= 0.6 is 23.4 Å². The summed E-state index contributed by atoms with van der Waals surface area (Å²) in [5.41, 5.74) is 1.67. The summed E-state index contributed by atoms with van der Waals surface area (Å²) in [4.78, 5) is 8.53. The molecule has 3 aromatic rings. The molecule has 0 saturated heterocycles. The van der Waals surface area contributed by atoms with Crippen LogP contribution in [-0.2, 0) is 19.4 Å². The highest BCUT2D eigenvalue weighted by atomic mass is 35.5. The van der Waals surface area contributed by atoms with E-state index in [1.165, 1.54) is 11.8 Å². The van der Waals surface area contributed by atoms with Crippen LogP contribution in [0, 0.1) is 0 Å². The Bertz CT molecular complexity index is 785. The summed E-state index contributed by atoms with van der Waals surface area (Å²) in [6.07, 6.45) is 3.36. The Balaban J connectivity index is 1.70. The Labute approximate surface area is 137 Å². The summed E-state index contributed by atoms with van der Waals surface area (Å²) in [7, 11) is 1.87. The predicted molar refractivity (Wildman–Crippen MR) is 85.6 cm³/mol. The van der Waals surface area contributed by atoms with Gasteiger partial charge in [-0.15, -0.1) is 0 Å². The molecule has 0 saturated carbocycles. The number of aliphatic hydroxyl groups is 1. The van der Waals surface area contributed by atoms with Crippen molar-refractivity contribution in [1.82, 2.24) is 14.5 Å². The molecule has 0 unspecified atom stereocenters. The monoisotopic (exact) mass is 335 g/mol. The van der Waals surface area contributed by atoms with E-state index < -0.39 is 0 Å². The van der Waals surface area contributed by atoms with Crippen molar-refractivity contribution < 1.29 is 9.52 Å². The van der Waals surface area contributed by atoms with Crippen LogP contribution in [0.4, 0.5) is 0 Å². The highest BCUT2D eigenvalue weighted by Crippen LogP contribution is 2.26. The second-order valence-corrected chi connectivity index (χ2v) is 6.05. The van der Waals surface area contributed by atoms with Crippen molar-refractivity contribution in [2.24, 2.45) is 7.05 Å². The van der Waals surface area contributed by atoms with Crippen molar-refractivity contribution in [3.05, 3.63) is 53.3 Å². The summed E-state index contributed by atoms with van der Waals surface area (Å²) in [6.45, 7) is -0.0258. The van der Waals surface area contributed by atoms with Crippen LogP contribution < -0.4 is 0 Å². The van der Waals surface area contributed by atoms with Gasteiger partial charge in [0.1, 0.15) is 0 Å². The van der Waals surface area contributed by atoms with E-state index in [0.717, 1.165) is 16.4 Å². The van der Waals surface area contributed by atoms with Gasteiger partial charge < -0.3 is 14.1 Å². The molecule has 2 aromatic heterocycles. The van der Waals surface area contributed by atoms with Crippen LogP contribution in [0.2, 0.25) is 5.02 Å². The van der Waals surface area contributed by atoms with Gasteiger partial charge in [-0.05, 0) is 12.1 Å². The van der Waals surface area contributed by atoms with Gasteiger partial charge >= 0.3 is 0 Å². The van der Waals surface area contributed by atoms with Crippen LogP contribution in [0.5, 0.6) is 0 Å². The molecule has 5 nitrogen and oxygen atoms in total. The lowest BCUT2D eigenvalue weighted by molar-refractivity contribution is 0.271. The van der Waals surface area contributed by atoms with Crippen molar-refractivity contribution in [3.63, 3.8) is 0 Å². The summed E-state index contributed by atoms with van der Waals surface area (Å²) in [6, 6.07) is 7.46. The zero-order valence-corrected chi connectivity index (χ0v) is 13.4. The third-order valence-electron chi connectivity index (χ3n) is 3.19. The summed E-state index contributed by atoms with van der Waals surface area (Å²) in [5, 5.41) is 10.6. The van der Waals surface area contributed by atoms with E-state index in [9.17, 15) is 0 Å². The molecule has 2 heterocycles. The number of aliphatic hydroxyl groups excluding tert-OH is 1. The van der Waals surface area contributed by atoms with E-state index in [1.807, 2.05) is 35.9 Å². The van der Waals surface area contributed by atoms with Gasteiger partial charge in [-0.25, -0.2) is 9.97 Å². The molecular formula is C15H14ClN3O2S. The average Bonchev–Trinajstić information content (AvgIpc) is 3.12. The van der Waals surface area contributed by atoms with E-state index in [1.54, 1.807) is 12.4 Å². The first-order chi connectivity index (χ1) is 10.7. The highest BCUT2D eigenvalue weighted by Gasteiger charge is 2.10. The number of benzene rings is 1. The van der Waals surface area contributed by atoms with E-state index in [2.05, 4.69) is 9.97 Å². The van der Waals surface area contributed by atoms with Crippen LogP contribution in [0.1, 0.15) is 11.6 Å². The smallest absolute Gasteiger partial charge is 0.205 e. The Hall–Kier alpha value is -1.76. The number of thioether (sulfide) groups is 1. The van der Waals surface area contributed by atoms with Gasteiger partial charge in [-0.1, -0.05) is 35.5 Å². The maximum absolute atomic E-state index is 9.16. The van der Waals surface area contributed by atoms with Gasteiger partial charge in [0.05, 0.1) is 30.4 Å².